The Balaban J connectivity index is 2.49. The first-order valence-electron chi connectivity index (χ1n) is 11.8. The van der Waals surface area contributed by atoms with E-state index in [1.807, 2.05) is 37.3 Å². The number of hydrogen-bond acceptors (Lipinski definition) is 3. The van der Waals surface area contributed by atoms with Crippen LogP contribution in [0.5, 0.6) is 11.5 Å². The third-order valence-corrected chi connectivity index (χ3v) is 6.71. The van der Waals surface area contributed by atoms with Crippen molar-refractivity contribution in [3.8, 4) is 11.5 Å². The summed E-state index contributed by atoms with van der Waals surface area (Å²) in [7, 11) is 0. The first-order valence-corrected chi connectivity index (χ1v) is 11.8. The molecule has 0 saturated carbocycles. The highest BCUT2D eigenvalue weighted by atomic mass is 16.3. The fraction of sp³-hybridized carbons (Fsp3) is 0.323. The molecule has 2 rings (SSSR count). The lowest BCUT2D eigenvalue weighted by molar-refractivity contribution is 0.429. The number of phenols is 2. The van der Waals surface area contributed by atoms with Crippen LogP contribution in [0.4, 0.5) is 0 Å². The molecule has 0 radical (unpaired) electrons. The third-order valence-electron chi connectivity index (χ3n) is 6.71. The quantitative estimate of drug-likeness (QED) is 0.201. The molecule has 2 aromatic carbocycles. The molecule has 180 valence electrons. The first-order chi connectivity index (χ1) is 16.0. The predicted octanol–water partition coefficient (Wildman–Crippen LogP) is 8.28. The second kappa shape index (κ2) is 11.6. The molecule has 0 atom stereocenters. The van der Waals surface area contributed by atoms with Crippen molar-refractivity contribution >= 4 is 0 Å². The van der Waals surface area contributed by atoms with Gasteiger partial charge in [-0.1, -0.05) is 80.1 Å². The zero-order valence-electron chi connectivity index (χ0n) is 21.3. The van der Waals surface area contributed by atoms with E-state index in [0.717, 1.165) is 24.0 Å². The molecule has 3 nitrogen and oxygen atoms in total. The van der Waals surface area contributed by atoms with Crippen molar-refractivity contribution in [1.82, 2.24) is 0 Å². The standard InChI is InChI=1S/C31H38O3/c1-7-10-27(32)11-9-22-30(4,5)23(3)12-13-24(8-2)31(6,25-14-18-28(33)19-15-25)26-16-20-29(34)21-17-26/h7,9,11-21,32-34H,8,22H2,1-6H3/b11-9-,23-12+,24-13+. The van der Waals surface area contributed by atoms with Gasteiger partial charge < -0.3 is 15.3 Å². The highest BCUT2D eigenvalue weighted by molar-refractivity contribution is 5.50. The van der Waals surface area contributed by atoms with Crippen molar-refractivity contribution in [1.29, 1.82) is 0 Å². The highest BCUT2D eigenvalue weighted by Gasteiger charge is 2.32. The second-order valence-electron chi connectivity index (χ2n) is 9.42. The fourth-order valence-corrected chi connectivity index (χ4v) is 4.04. The predicted molar refractivity (Wildman–Crippen MR) is 142 cm³/mol. The zero-order chi connectivity index (χ0) is 25.4. The molecule has 0 fully saturated rings. The number of hydrogen-bond donors (Lipinski definition) is 3. The van der Waals surface area contributed by atoms with E-state index in [2.05, 4.69) is 52.5 Å². The maximum Gasteiger partial charge on any atom is 0.158 e. The van der Waals surface area contributed by atoms with E-state index in [1.165, 1.54) is 11.1 Å². The molecular formula is C31H38O3. The van der Waals surface area contributed by atoms with Crippen molar-refractivity contribution < 1.29 is 15.3 Å². The van der Waals surface area contributed by atoms with Crippen LogP contribution in [0.1, 0.15) is 65.5 Å². The van der Waals surface area contributed by atoms with E-state index in [9.17, 15) is 15.3 Å². The van der Waals surface area contributed by atoms with Crippen LogP contribution in [0.15, 0.2) is 102 Å². The number of aromatic hydroxyl groups is 2. The molecule has 0 saturated heterocycles. The van der Waals surface area contributed by atoms with Crippen LogP contribution >= 0.6 is 0 Å². The maximum absolute atomic E-state index is 9.84. The molecule has 3 heteroatoms. The van der Waals surface area contributed by atoms with Crippen LogP contribution < -0.4 is 0 Å². The largest absolute Gasteiger partial charge is 0.508 e. The summed E-state index contributed by atoms with van der Waals surface area (Å²) in [6, 6.07) is 14.7. The van der Waals surface area contributed by atoms with Crippen LogP contribution in [0.2, 0.25) is 0 Å². The summed E-state index contributed by atoms with van der Waals surface area (Å²) < 4.78 is 0. The minimum Gasteiger partial charge on any atom is -0.508 e. The number of rotatable bonds is 9. The summed E-state index contributed by atoms with van der Waals surface area (Å²) in [4.78, 5) is 0. The fourth-order valence-electron chi connectivity index (χ4n) is 4.04. The van der Waals surface area contributed by atoms with E-state index >= 15 is 0 Å². The van der Waals surface area contributed by atoms with Gasteiger partial charge >= 0.3 is 0 Å². The van der Waals surface area contributed by atoms with Crippen molar-refractivity contribution in [2.75, 3.05) is 0 Å². The molecule has 3 N–H and O–H groups in total. The maximum atomic E-state index is 9.84. The lowest BCUT2D eigenvalue weighted by Crippen LogP contribution is -2.26. The molecule has 0 aliphatic rings. The smallest absolute Gasteiger partial charge is 0.158 e. The molecule has 0 bridgehead atoms. The highest BCUT2D eigenvalue weighted by Crippen LogP contribution is 2.42. The number of allylic oxidation sites excluding steroid dienone is 6. The summed E-state index contributed by atoms with van der Waals surface area (Å²) >= 11 is 0. The van der Waals surface area contributed by atoms with E-state index in [0.29, 0.717) is 0 Å². The molecule has 0 unspecified atom stereocenters. The number of aliphatic hydroxyl groups excluding tert-OH is 1. The van der Waals surface area contributed by atoms with E-state index < -0.39 is 5.41 Å². The Hall–Kier alpha value is -3.42. The molecule has 0 heterocycles. The number of benzene rings is 2. The minimum absolute atomic E-state index is 0.0878. The number of aliphatic hydroxyl groups is 1. The average molecular weight is 459 g/mol. The summed E-state index contributed by atoms with van der Waals surface area (Å²) in [5.74, 6) is 0.603. The minimum atomic E-state index is -0.431. The third kappa shape index (κ3) is 6.56. The van der Waals surface area contributed by atoms with Gasteiger partial charge in [0.2, 0.25) is 0 Å². The molecule has 0 aliphatic carbocycles. The molecule has 2 aromatic rings. The van der Waals surface area contributed by atoms with Crippen molar-refractivity contribution in [3.63, 3.8) is 0 Å². The van der Waals surface area contributed by atoms with E-state index in [1.54, 1.807) is 36.4 Å². The first kappa shape index (κ1) is 26.8. The number of phenolic OH excluding ortho intramolecular Hbond substituents is 2. The van der Waals surface area contributed by atoms with Gasteiger partial charge in [-0.3, -0.25) is 0 Å². The molecule has 0 spiro atoms. The molecular weight excluding hydrogens is 420 g/mol. The zero-order valence-corrected chi connectivity index (χ0v) is 21.3. The molecule has 0 amide bonds. The Morgan fingerprint density at radius 3 is 1.82 bits per heavy atom. The van der Waals surface area contributed by atoms with Gasteiger partial charge in [-0.15, -0.1) is 0 Å². The van der Waals surface area contributed by atoms with E-state index in [-0.39, 0.29) is 22.7 Å². The van der Waals surface area contributed by atoms with Crippen LogP contribution in [0, 0.1) is 5.41 Å². The summed E-state index contributed by atoms with van der Waals surface area (Å²) in [6.07, 6.45) is 11.4. The Labute approximate surface area is 204 Å². The van der Waals surface area contributed by atoms with Gasteiger partial charge in [0.25, 0.3) is 0 Å². The monoisotopic (exact) mass is 458 g/mol. The van der Waals surface area contributed by atoms with Gasteiger partial charge in [-0.05, 0) is 86.6 Å². The van der Waals surface area contributed by atoms with Crippen LogP contribution in [-0.2, 0) is 5.41 Å². The van der Waals surface area contributed by atoms with Gasteiger partial charge in [0.05, 0.1) is 0 Å². The Kier molecular flexibility index (Phi) is 9.18. The van der Waals surface area contributed by atoms with Gasteiger partial charge in [-0.25, -0.2) is 0 Å². The van der Waals surface area contributed by atoms with Crippen LogP contribution in [0.25, 0.3) is 0 Å². The Morgan fingerprint density at radius 2 is 1.38 bits per heavy atom. The van der Waals surface area contributed by atoms with Crippen molar-refractivity contribution in [2.45, 2.75) is 59.8 Å². The van der Waals surface area contributed by atoms with Gasteiger partial charge in [0.1, 0.15) is 11.5 Å². The Bertz CT molecular complexity index is 1060. The van der Waals surface area contributed by atoms with Crippen molar-refractivity contribution in [2.24, 2.45) is 5.41 Å². The summed E-state index contributed by atoms with van der Waals surface area (Å²) in [6.45, 7) is 12.7. The van der Waals surface area contributed by atoms with Crippen molar-refractivity contribution in [3.05, 3.63) is 113 Å². The second-order valence-corrected chi connectivity index (χ2v) is 9.42. The normalized spacial score (nSPS) is 13.1. The average Bonchev–Trinajstić information content (AvgIpc) is 2.80. The molecule has 0 aliphatic heterocycles. The molecule has 0 aromatic heterocycles. The van der Waals surface area contributed by atoms with Gasteiger partial charge in [-0.2, -0.15) is 0 Å². The summed E-state index contributed by atoms with van der Waals surface area (Å²) in [5, 5.41) is 29.4. The SMILES string of the molecule is CC=C=C(O)/C=C\CC(C)(C)/C(C)=C/C=C(\CC)C(C)(c1ccc(O)cc1)c1ccc(O)cc1. The van der Waals surface area contributed by atoms with Crippen LogP contribution in [0.3, 0.4) is 0 Å². The summed E-state index contributed by atoms with van der Waals surface area (Å²) in [5.41, 5.74) is 6.85. The lowest BCUT2D eigenvalue weighted by atomic mass is 9.69. The lowest BCUT2D eigenvalue weighted by Gasteiger charge is -2.34. The molecule has 34 heavy (non-hydrogen) atoms. The van der Waals surface area contributed by atoms with Crippen LogP contribution in [-0.4, -0.2) is 15.3 Å². The van der Waals surface area contributed by atoms with E-state index in [4.69, 9.17) is 0 Å². The topological polar surface area (TPSA) is 60.7 Å². The Morgan fingerprint density at radius 1 is 0.882 bits per heavy atom. The van der Waals surface area contributed by atoms with Gasteiger partial charge in [0.15, 0.2) is 5.76 Å². The van der Waals surface area contributed by atoms with Gasteiger partial charge in [0, 0.05) is 5.41 Å².